The molecule has 1 aromatic heterocycles. The summed E-state index contributed by atoms with van der Waals surface area (Å²) in [7, 11) is 0. The Kier molecular flexibility index (Phi) is 4.29. The third-order valence-electron chi connectivity index (χ3n) is 3.12. The Morgan fingerprint density at radius 1 is 1.62 bits per heavy atom. The van der Waals surface area contributed by atoms with Crippen molar-refractivity contribution in [1.82, 2.24) is 14.9 Å². The molecule has 1 aliphatic rings. The number of nitrogens with one attached hydrogen (secondary N) is 1. The van der Waals surface area contributed by atoms with Gasteiger partial charge in [-0.15, -0.1) is 0 Å². The van der Waals surface area contributed by atoms with Crippen molar-refractivity contribution in [2.24, 2.45) is 0 Å². The molecule has 1 heterocycles. The van der Waals surface area contributed by atoms with Crippen LogP contribution < -0.4 is 5.32 Å². The molecule has 0 bridgehead atoms. The lowest BCUT2D eigenvalue weighted by atomic mass is 10.2. The van der Waals surface area contributed by atoms with Gasteiger partial charge in [0.25, 0.3) is 0 Å². The second-order valence-corrected chi connectivity index (χ2v) is 5.38. The Balaban J connectivity index is 1.85. The first-order valence-corrected chi connectivity index (χ1v) is 7.47. The van der Waals surface area contributed by atoms with E-state index in [1.165, 1.54) is 30.7 Å². The third-order valence-corrected chi connectivity index (χ3v) is 3.85. The fourth-order valence-corrected chi connectivity index (χ4v) is 2.68. The highest BCUT2D eigenvalue weighted by molar-refractivity contribution is 7.98. The van der Waals surface area contributed by atoms with Crippen LogP contribution in [-0.4, -0.2) is 27.6 Å². The molecule has 0 amide bonds. The highest BCUT2D eigenvalue weighted by atomic mass is 32.2. The number of rotatable bonds is 7. The van der Waals surface area contributed by atoms with Crippen molar-refractivity contribution in [1.29, 1.82) is 0 Å². The molecule has 1 fully saturated rings. The molecule has 0 saturated heterocycles. The van der Waals surface area contributed by atoms with Crippen LogP contribution in [0.3, 0.4) is 0 Å². The molecule has 4 heteroatoms. The van der Waals surface area contributed by atoms with Crippen LogP contribution in [-0.2, 0) is 6.54 Å². The lowest BCUT2D eigenvalue weighted by Crippen LogP contribution is -2.30. The Labute approximate surface area is 102 Å². The van der Waals surface area contributed by atoms with E-state index >= 15 is 0 Å². The lowest BCUT2D eigenvalue weighted by Gasteiger charge is -2.16. The molecular weight excluding hydrogens is 218 g/mol. The molecule has 1 atom stereocenters. The van der Waals surface area contributed by atoms with E-state index in [0.29, 0.717) is 6.04 Å². The zero-order valence-corrected chi connectivity index (χ0v) is 11.0. The van der Waals surface area contributed by atoms with Crippen molar-refractivity contribution in [2.75, 3.05) is 12.0 Å². The summed E-state index contributed by atoms with van der Waals surface area (Å²) in [6.07, 6.45) is 9.98. The fourth-order valence-electron chi connectivity index (χ4n) is 1.92. The Morgan fingerprint density at radius 2 is 2.44 bits per heavy atom. The van der Waals surface area contributed by atoms with Crippen molar-refractivity contribution < 1.29 is 0 Å². The highest BCUT2D eigenvalue weighted by Gasteiger charge is 2.25. The van der Waals surface area contributed by atoms with Crippen molar-refractivity contribution in [2.45, 2.75) is 44.8 Å². The summed E-state index contributed by atoms with van der Waals surface area (Å²) in [6.45, 7) is 3.20. The third kappa shape index (κ3) is 3.01. The van der Waals surface area contributed by atoms with Gasteiger partial charge in [-0.3, -0.25) is 0 Å². The summed E-state index contributed by atoms with van der Waals surface area (Å²) in [5, 5.41) is 3.61. The second-order valence-electron chi connectivity index (χ2n) is 4.46. The molecular formula is C12H21N3S. The molecule has 1 aromatic rings. The van der Waals surface area contributed by atoms with Gasteiger partial charge in [-0.1, -0.05) is 6.92 Å². The molecule has 3 nitrogen and oxygen atoms in total. The number of thioether (sulfide) groups is 1. The summed E-state index contributed by atoms with van der Waals surface area (Å²) in [4.78, 5) is 4.25. The summed E-state index contributed by atoms with van der Waals surface area (Å²) in [5.41, 5.74) is 1.34. The van der Waals surface area contributed by atoms with Crippen LogP contribution >= 0.6 is 11.8 Å². The van der Waals surface area contributed by atoms with Crippen LogP contribution in [0.25, 0.3) is 0 Å². The van der Waals surface area contributed by atoms with E-state index in [0.717, 1.165) is 12.6 Å². The standard InChI is InChI=1S/C12H21N3S/c1-3-10(8-16-2)14-7-12-6-13-9-15(12)11-4-5-11/h6,9-11,14H,3-5,7-8H2,1-2H3. The Bertz CT molecular complexity index is 320. The normalized spacial score (nSPS) is 17.6. The molecule has 1 unspecified atom stereocenters. The van der Waals surface area contributed by atoms with Gasteiger partial charge in [0.1, 0.15) is 0 Å². The molecule has 16 heavy (non-hydrogen) atoms. The zero-order valence-electron chi connectivity index (χ0n) is 10.1. The Hall–Kier alpha value is -0.480. The predicted molar refractivity (Wildman–Crippen MR) is 69.8 cm³/mol. The van der Waals surface area contributed by atoms with Crippen LogP contribution in [0.15, 0.2) is 12.5 Å². The number of imidazole rings is 1. The first-order valence-electron chi connectivity index (χ1n) is 6.08. The number of aromatic nitrogens is 2. The van der Waals surface area contributed by atoms with Crippen LogP contribution in [0.4, 0.5) is 0 Å². The predicted octanol–water partition coefficient (Wildman–Crippen LogP) is 2.45. The molecule has 0 spiro atoms. The van der Waals surface area contributed by atoms with E-state index in [1.807, 2.05) is 24.3 Å². The maximum absolute atomic E-state index is 4.25. The van der Waals surface area contributed by atoms with E-state index in [9.17, 15) is 0 Å². The minimum atomic E-state index is 0.623. The highest BCUT2D eigenvalue weighted by Crippen LogP contribution is 2.35. The van der Waals surface area contributed by atoms with Crippen molar-refractivity contribution >= 4 is 11.8 Å². The first-order chi connectivity index (χ1) is 7.85. The average Bonchev–Trinajstić information content (AvgIpc) is 3.04. The maximum atomic E-state index is 4.25. The van der Waals surface area contributed by atoms with E-state index in [-0.39, 0.29) is 0 Å². The van der Waals surface area contributed by atoms with E-state index in [1.54, 1.807) is 0 Å². The molecule has 0 aromatic carbocycles. The van der Waals surface area contributed by atoms with E-state index in [4.69, 9.17) is 0 Å². The van der Waals surface area contributed by atoms with Crippen LogP contribution in [0.5, 0.6) is 0 Å². The number of nitrogens with zero attached hydrogens (tertiary/aromatic N) is 2. The molecule has 1 aliphatic carbocycles. The zero-order chi connectivity index (χ0) is 11.4. The van der Waals surface area contributed by atoms with Crippen molar-refractivity contribution in [3.05, 3.63) is 18.2 Å². The maximum Gasteiger partial charge on any atom is 0.0951 e. The molecule has 1 N–H and O–H groups in total. The van der Waals surface area contributed by atoms with Gasteiger partial charge in [0.15, 0.2) is 0 Å². The van der Waals surface area contributed by atoms with Crippen molar-refractivity contribution in [3.63, 3.8) is 0 Å². The van der Waals surface area contributed by atoms with Gasteiger partial charge < -0.3 is 9.88 Å². The molecule has 0 aliphatic heterocycles. The van der Waals surface area contributed by atoms with Gasteiger partial charge in [0.05, 0.1) is 12.0 Å². The van der Waals surface area contributed by atoms with Gasteiger partial charge in [0, 0.05) is 30.6 Å². The van der Waals surface area contributed by atoms with Gasteiger partial charge in [-0.2, -0.15) is 11.8 Å². The quantitative estimate of drug-likeness (QED) is 0.792. The summed E-state index contributed by atoms with van der Waals surface area (Å²) >= 11 is 1.91. The minimum absolute atomic E-state index is 0.623. The van der Waals surface area contributed by atoms with E-state index < -0.39 is 0 Å². The second kappa shape index (κ2) is 5.73. The van der Waals surface area contributed by atoms with Gasteiger partial charge in [-0.25, -0.2) is 4.98 Å². The van der Waals surface area contributed by atoms with Gasteiger partial charge >= 0.3 is 0 Å². The molecule has 2 rings (SSSR count). The largest absolute Gasteiger partial charge is 0.330 e. The van der Waals surface area contributed by atoms with Crippen LogP contribution in [0, 0.1) is 0 Å². The topological polar surface area (TPSA) is 29.9 Å². The minimum Gasteiger partial charge on any atom is -0.330 e. The van der Waals surface area contributed by atoms with Gasteiger partial charge in [0.2, 0.25) is 0 Å². The molecule has 1 saturated carbocycles. The van der Waals surface area contributed by atoms with E-state index in [2.05, 4.69) is 28.0 Å². The monoisotopic (exact) mass is 239 g/mol. The average molecular weight is 239 g/mol. The summed E-state index contributed by atoms with van der Waals surface area (Å²) < 4.78 is 2.33. The molecule has 0 radical (unpaired) electrons. The molecule has 90 valence electrons. The van der Waals surface area contributed by atoms with Gasteiger partial charge in [-0.05, 0) is 25.5 Å². The smallest absolute Gasteiger partial charge is 0.0951 e. The van der Waals surface area contributed by atoms with Crippen LogP contribution in [0.1, 0.15) is 37.9 Å². The summed E-state index contributed by atoms with van der Waals surface area (Å²) in [6, 6.07) is 1.36. The first kappa shape index (κ1) is 12.0. The number of hydrogen-bond donors (Lipinski definition) is 1. The van der Waals surface area contributed by atoms with Crippen molar-refractivity contribution in [3.8, 4) is 0 Å². The van der Waals surface area contributed by atoms with Crippen LogP contribution in [0.2, 0.25) is 0 Å². The fraction of sp³-hybridized carbons (Fsp3) is 0.750. The lowest BCUT2D eigenvalue weighted by molar-refractivity contribution is 0.522. The Morgan fingerprint density at radius 3 is 3.06 bits per heavy atom. The number of hydrogen-bond acceptors (Lipinski definition) is 3. The SMILES string of the molecule is CCC(CSC)NCc1cncn1C1CC1. The summed E-state index contributed by atoms with van der Waals surface area (Å²) in [5.74, 6) is 1.19.